The number of hydrogen-bond acceptors (Lipinski definition) is 5. The summed E-state index contributed by atoms with van der Waals surface area (Å²) >= 11 is 0. The summed E-state index contributed by atoms with van der Waals surface area (Å²) in [5.41, 5.74) is 0.709. The van der Waals surface area contributed by atoms with Gasteiger partial charge in [0.25, 0.3) is 5.91 Å². The first kappa shape index (κ1) is 24.0. The molecule has 0 radical (unpaired) electrons. The van der Waals surface area contributed by atoms with Gasteiger partial charge in [-0.3, -0.25) is 9.59 Å². The molecule has 31 heavy (non-hydrogen) atoms. The molecule has 0 unspecified atom stereocenters. The minimum Gasteiger partial charge on any atom is -0.496 e. The van der Waals surface area contributed by atoms with E-state index in [0.29, 0.717) is 35.8 Å². The van der Waals surface area contributed by atoms with Crippen LogP contribution in [0.2, 0.25) is 0 Å². The van der Waals surface area contributed by atoms with E-state index in [4.69, 9.17) is 14.2 Å². The monoisotopic (exact) mass is 432 g/mol. The molecular formula is C23H29FN2O5. The van der Waals surface area contributed by atoms with Crippen LogP contribution >= 0.6 is 0 Å². The number of nitrogens with zero attached hydrogens (tertiary/aromatic N) is 1. The highest BCUT2D eigenvalue weighted by atomic mass is 19.1. The van der Waals surface area contributed by atoms with Gasteiger partial charge >= 0.3 is 0 Å². The zero-order valence-corrected chi connectivity index (χ0v) is 18.3. The third-order valence-electron chi connectivity index (χ3n) is 4.69. The van der Waals surface area contributed by atoms with Gasteiger partial charge in [0.15, 0.2) is 6.61 Å². The fraction of sp³-hybridized carbons (Fsp3) is 0.391. The Balaban J connectivity index is 2.22. The van der Waals surface area contributed by atoms with Gasteiger partial charge in [-0.2, -0.15) is 0 Å². The average molecular weight is 432 g/mol. The van der Waals surface area contributed by atoms with Gasteiger partial charge in [0.1, 0.15) is 29.1 Å². The smallest absolute Gasteiger partial charge is 0.261 e. The van der Waals surface area contributed by atoms with Crippen molar-refractivity contribution in [1.82, 2.24) is 10.2 Å². The van der Waals surface area contributed by atoms with Crippen LogP contribution in [0.1, 0.15) is 25.8 Å². The number of hydrogen-bond donors (Lipinski definition) is 1. The van der Waals surface area contributed by atoms with Gasteiger partial charge in [0.2, 0.25) is 5.91 Å². The highest BCUT2D eigenvalue weighted by Crippen LogP contribution is 2.27. The molecule has 2 rings (SSSR count). The van der Waals surface area contributed by atoms with E-state index in [1.807, 2.05) is 13.8 Å². The van der Waals surface area contributed by atoms with Crippen LogP contribution in [0.5, 0.6) is 17.2 Å². The van der Waals surface area contributed by atoms with Gasteiger partial charge in [-0.1, -0.05) is 19.1 Å². The molecule has 0 bridgehead atoms. The van der Waals surface area contributed by atoms with Crippen LogP contribution in [0, 0.1) is 5.82 Å². The third-order valence-corrected chi connectivity index (χ3v) is 4.69. The number of nitrogens with one attached hydrogen (secondary N) is 1. The number of methoxy groups -OCH3 is 2. The van der Waals surface area contributed by atoms with Crippen molar-refractivity contribution >= 4 is 11.8 Å². The van der Waals surface area contributed by atoms with E-state index in [1.165, 1.54) is 31.3 Å². The Morgan fingerprint density at radius 3 is 2.10 bits per heavy atom. The van der Waals surface area contributed by atoms with Crippen LogP contribution < -0.4 is 19.5 Å². The van der Waals surface area contributed by atoms with Gasteiger partial charge in [-0.25, -0.2) is 4.39 Å². The molecule has 2 amide bonds. The molecule has 168 valence electrons. The number of likely N-dealkylation sites (N-methyl/N-ethyl adjacent to an activating group) is 1. The molecule has 0 saturated heterocycles. The van der Waals surface area contributed by atoms with Crippen LogP contribution in [0.4, 0.5) is 4.39 Å². The first-order chi connectivity index (χ1) is 14.9. The number of ether oxygens (including phenoxy) is 3. The summed E-state index contributed by atoms with van der Waals surface area (Å²) in [4.78, 5) is 27.1. The van der Waals surface area contributed by atoms with E-state index in [2.05, 4.69) is 5.32 Å². The van der Waals surface area contributed by atoms with Crippen molar-refractivity contribution in [3.8, 4) is 17.2 Å². The average Bonchev–Trinajstić information content (AvgIpc) is 2.78. The lowest BCUT2D eigenvalue weighted by Crippen LogP contribution is -2.50. The summed E-state index contributed by atoms with van der Waals surface area (Å²) in [6.07, 6.45) is 0.422. The molecule has 2 aromatic carbocycles. The van der Waals surface area contributed by atoms with Crippen molar-refractivity contribution in [3.05, 3.63) is 53.8 Å². The Morgan fingerprint density at radius 1 is 1.00 bits per heavy atom. The first-order valence-electron chi connectivity index (χ1n) is 10.1. The van der Waals surface area contributed by atoms with E-state index >= 15 is 0 Å². The van der Waals surface area contributed by atoms with Gasteiger partial charge in [-0.05, 0) is 31.0 Å². The second-order valence-corrected chi connectivity index (χ2v) is 6.80. The van der Waals surface area contributed by atoms with Gasteiger partial charge in [-0.15, -0.1) is 0 Å². The fourth-order valence-corrected chi connectivity index (χ4v) is 3.09. The lowest BCUT2D eigenvalue weighted by atomic mass is 10.1. The normalized spacial score (nSPS) is 11.4. The molecule has 8 heteroatoms. The Morgan fingerprint density at radius 2 is 1.58 bits per heavy atom. The number of benzene rings is 2. The Hall–Kier alpha value is -3.29. The van der Waals surface area contributed by atoms with E-state index in [-0.39, 0.29) is 30.8 Å². The molecular weight excluding hydrogens is 403 g/mol. The number of rotatable bonds is 11. The summed E-state index contributed by atoms with van der Waals surface area (Å²) in [5.74, 6) is 0.468. The number of amides is 2. The largest absolute Gasteiger partial charge is 0.496 e. The van der Waals surface area contributed by atoms with Crippen molar-refractivity contribution in [2.45, 2.75) is 32.9 Å². The first-order valence-corrected chi connectivity index (χ1v) is 10.1. The van der Waals surface area contributed by atoms with Crippen molar-refractivity contribution < 1.29 is 28.2 Å². The second-order valence-electron chi connectivity index (χ2n) is 6.80. The predicted molar refractivity (Wildman–Crippen MR) is 115 cm³/mol. The highest BCUT2D eigenvalue weighted by Gasteiger charge is 2.28. The van der Waals surface area contributed by atoms with Crippen LogP contribution in [0.25, 0.3) is 0 Å². The summed E-state index contributed by atoms with van der Waals surface area (Å²) in [6.45, 7) is 3.97. The van der Waals surface area contributed by atoms with Crippen molar-refractivity contribution in [1.29, 1.82) is 0 Å². The second kappa shape index (κ2) is 11.8. The standard InChI is InChI=1S/C23H29FN2O5/c1-5-21(23(28)25-6-2)26(14-16-7-9-17(24)10-8-16)22(27)15-31-20-12-18(29-3)11-19(13-20)30-4/h7-13,21H,5-6,14-15H2,1-4H3,(H,25,28)/t21-/m0/s1. The number of halogens is 1. The molecule has 0 spiro atoms. The highest BCUT2D eigenvalue weighted by molar-refractivity contribution is 5.88. The minimum absolute atomic E-state index is 0.152. The van der Waals surface area contributed by atoms with Crippen molar-refractivity contribution in [2.24, 2.45) is 0 Å². The summed E-state index contributed by atoms with van der Waals surface area (Å²) < 4.78 is 29.4. The molecule has 0 aliphatic heterocycles. The van der Waals surface area contributed by atoms with Gasteiger partial charge < -0.3 is 24.4 Å². The zero-order valence-electron chi connectivity index (χ0n) is 18.3. The quantitative estimate of drug-likeness (QED) is 0.590. The maximum absolute atomic E-state index is 13.3. The summed E-state index contributed by atoms with van der Waals surface area (Å²) in [6, 6.07) is 10.1. The molecule has 1 atom stereocenters. The molecule has 0 saturated carbocycles. The van der Waals surface area contributed by atoms with E-state index < -0.39 is 6.04 Å². The predicted octanol–water partition coefficient (Wildman–Crippen LogP) is 3.17. The summed E-state index contributed by atoms with van der Waals surface area (Å²) in [5, 5.41) is 2.76. The number of carbonyl (C=O) groups excluding carboxylic acids is 2. The molecule has 0 aliphatic rings. The molecule has 7 nitrogen and oxygen atoms in total. The molecule has 0 heterocycles. The van der Waals surface area contributed by atoms with Gasteiger partial charge in [0.05, 0.1) is 14.2 Å². The molecule has 0 fully saturated rings. The molecule has 1 N–H and O–H groups in total. The molecule has 2 aromatic rings. The Bertz CT molecular complexity index is 851. The van der Waals surface area contributed by atoms with Crippen molar-refractivity contribution in [3.63, 3.8) is 0 Å². The molecule has 0 aromatic heterocycles. The maximum atomic E-state index is 13.3. The van der Waals surface area contributed by atoms with Crippen LogP contribution in [-0.2, 0) is 16.1 Å². The van der Waals surface area contributed by atoms with Crippen LogP contribution in [0.3, 0.4) is 0 Å². The maximum Gasteiger partial charge on any atom is 0.261 e. The van der Waals surface area contributed by atoms with E-state index in [9.17, 15) is 14.0 Å². The van der Waals surface area contributed by atoms with Crippen LogP contribution in [0.15, 0.2) is 42.5 Å². The van der Waals surface area contributed by atoms with E-state index in [1.54, 1.807) is 30.3 Å². The van der Waals surface area contributed by atoms with E-state index in [0.717, 1.165) is 0 Å². The third kappa shape index (κ3) is 6.87. The lowest BCUT2D eigenvalue weighted by molar-refractivity contribution is -0.142. The summed E-state index contributed by atoms with van der Waals surface area (Å²) in [7, 11) is 3.04. The fourth-order valence-electron chi connectivity index (χ4n) is 3.09. The number of carbonyl (C=O) groups is 2. The minimum atomic E-state index is -0.680. The molecule has 0 aliphatic carbocycles. The topological polar surface area (TPSA) is 77.1 Å². The van der Waals surface area contributed by atoms with Gasteiger partial charge in [0, 0.05) is 31.3 Å². The van der Waals surface area contributed by atoms with Crippen molar-refractivity contribution in [2.75, 3.05) is 27.4 Å². The van der Waals surface area contributed by atoms with Crippen LogP contribution in [-0.4, -0.2) is 50.1 Å². The SMILES string of the molecule is CCNC(=O)[C@H](CC)N(Cc1ccc(F)cc1)C(=O)COc1cc(OC)cc(OC)c1. The Kier molecular flexibility index (Phi) is 9.12. The lowest BCUT2D eigenvalue weighted by Gasteiger charge is -2.30. The Labute approximate surface area is 182 Å². The zero-order chi connectivity index (χ0) is 22.8.